The van der Waals surface area contributed by atoms with E-state index >= 15 is 0 Å². The number of benzene rings is 2. The molecule has 1 saturated heterocycles. The van der Waals surface area contributed by atoms with Gasteiger partial charge in [0.15, 0.2) is 5.11 Å². The van der Waals surface area contributed by atoms with E-state index in [1.165, 1.54) is 5.56 Å². The van der Waals surface area contributed by atoms with Crippen LogP contribution in [0.3, 0.4) is 0 Å². The van der Waals surface area contributed by atoms with Crippen molar-refractivity contribution in [3.8, 4) is 0 Å². The Morgan fingerprint density at radius 1 is 1.21 bits per heavy atom. The summed E-state index contributed by atoms with van der Waals surface area (Å²) in [5.74, 6) is 0. The van der Waals surface area contributed by atoms with Crippen LogP contribution in [0.2, 0.25) is 5.02 Å². The molecule has 0 bridgehead atoms. The van der Waals surface area contributed by atoms with Gasteiger partial charge in [-0.2, -0.15) is 0 Å². The van der Waals surface area contributed by atoms with Crippen molar-refractivity contribution in [2.45, 2.75) is 25.9 Å². The lowest BCUT2D eigenvalue weighted by Crippen LogP contribution is -2.39. The van der Waals surface area contributed by atoms with Crippen molar-refractivity contribution in [3.63, 3.8) is 0 Å². The van der Waals surface area contributed by atoms with Crippen LogP contribution in [0.15, 0.2) is 48.5 Å². The number of anilines is 1. The van der Waals surface area contributed by atoms with Gasteiger partial charge in [0.1, 0.15) is 0 Å². The molecule has 0 saturated carbocycles. The van der Waals surface area contributed by atoms with Crippen molar-refractivity contribution in [1.29, 1.82) is 0 Å². The summed E-state index contributed by atoms with van der Waals surface area (Å²) in [5, 5.41) is 8.09. The Morgan fingerprint density at radius 3 is 2.79 bits per heavy atom. The molecular formula is C19H22ClN3S. The van der Waals surface area contributed by atoms with Crippen LogP contribution in [-0.2, 0) is 6.54 Å². The zero-order valence-corrected chi connectivity index (χ0v) is 15.3. The summed E-state index contributed by atoms with van der Waals surface area (Å²) in [6, 6.07) is 16.8. The molecule has 1 aliphatic rings. The molecule has 5 heteroatoms. The Balaban J connectivity index is 1.50. The Kier molecular flexibility index (Phi) is 5.72. The minimum atomic E-state index is 0.383. The van der Waals surface area contributed by atoms with Crippen molar-refractivity contribution in [3.05, 3.63) is 64.7 Å². The molecule has 1 aliphatic heterocycles. The fraction of sp³-hybridized carbons (Fsp3) is 0.316. The summed E-state index contributed by atoms with van der Waals surface area (Å²) >= 11 is 11.6. The number of likely N-dealkylation sites (tertiary alicyclic amines) is 1. The summed E-state index contributed by atoms with van der Waals surface area (Å²) in [4.78, 5) is 2.46. The number of nitrogens with one attached hydrogen (secondary N) is 2. The van der Waals surface area contributed by atoms with E-state index < -0.39 is 0 Å². The van der Waals surface area contributed by atoms with E-state index in [1.807, 2.05) is 25.1 Å². The van der Waals surface area contributed by atoms with Crippen LogP contribution in [0.1, 0.15) is 17.5 Å². The lowest BCUT2D eigenvalue weighted by Gasteiger charge is -2.19. The van der Waals surface area contributed by atoms with E-state index in [1.54, 1.807) is 0 Å². The van der Waals surface area contributed by atoms with Crippen molar-refractivity contribution < 1.29 is 0 Å². The van der Waals surface area contributed by atoms with Gasteiger partial charge < -0.3 is 10.6 Å². The van der Waals surface area contributed by atoms with Crippen molar-refractivity contribution in [1.82, 2.24) is 10.2 Å². The Labute approximate surface area is 154 Å². The maximum absolute atomic E-state index is 6.15. The average Bonchev–Trinajstić information content (AvgIpc) is 2.99. The minimum Gasteiger partial charge on any atom is -0.358 e. The zero-order chi connectivity index (χ0) is 16.9. The minimum absolute atomic E-state index is 0.383. The molecule has 0 aromatic heterocycles. The Bertz CT molecular complexity index is 705. The highest BCUT2D eigenvalue weighted by atomic mass is 35.5. The molecule has 0 spiro atoms. The van der Waals surface area contributed by atoms with Gasteiger partial charge in [0.25, 0.3) is 0 Å². The highest BCUT2D eigenvalue weighted by Gasteiger charge is 2.23. The van der Waals surface area contributed by atoms with Gasteiger partial charge in [-0.05, 0) is 48.8 Å². The molecule has 126 valence electrons. The van der Waals surface area contributed by atoms with Gasteiger partial charge in [-0.3, -0.25) is 4.90 Å². The van der Waals surface area contributed by atoms with E-state index in [0.717, 1.165) is 42.3 Å². The van der Waals surface area contributed by atoms with Crippen LogP contribution in [0, 0.1) is 6.92 Å². The monoisotopic (exact) mass is 359 g/mol. The zero-order valence-electron chi connectivity index (χ0n) is 13.8. The molecule has 1 fully saturated rings. The third-order valence-electron chi connectivity index (χ3n) is 4.37. The highest BCUT2D eigenvalue weighted by Crippen LogP contribution is 2.23. The molecule has 0 unspecified atom stereocenters. The maximum Gasteiger partial charge on any atom is 0.171 e. The number of thiocarbonyl (C=S) groups is 1. The van der Waals surface area contributed by atoms with Crippen LogP contribution >= 0.6 is 23.8 Å². The van der Waals surface area contributed by atoms with Gasteiger partial charge in [0.05, 0.1) is 0 Å². The fourth-order valence-electron chi connectivity index (χ4n) is 3.02. The van der Waals surface area contributed by atoms with Gasteiger partial charge in [0, 0.05) is 36.4 Å². The van der Waals surface area contributed by atoms with Crippen molar-refractivity contribution in [2.24, 2.45) is 0 Å². The number of rotatable bonds is 4. The Morgan fingerprint density at radius 2 is 2.00 bits per heavy atom. The molecule has 0 aliphatic carbocycles. The first-order valence-electron chi connectivity index (χ1n) is 8.21. The second-order valence-electron chi connectivity index (χ2n) is 6.22. The smallest absolute Gasteiger partial charge is 0.171 e. The number of nitrogens with zero attached hydrogens (tertiary/aromatic N) is 1. The van der Waals surface area contributed by atoms with E-state index in [4.69, 9.17) is 23.8 Å². The summed E-state index contributed by atoms with van der Waals surface area (Å²) in [7, 11) is 0. The first kappa shape index (κ1) is 17.2. The van der Waals surface area contributed by atoms with Crippen LogP contribution in [0.4, 0.5) is 5.69 Å². The molecular weight excluding hydrogens is 338 g/mol. The number of hydrogen-bond acceptors (Lipinski definition) is 2. The van der Waals surface area contributed by atoms with Crippen LogP contribution in [-0.4, -0.2) is 29.1 Å². The second-order valence-corrected chi connectivity index (χ2v) is 7.03. The van der Waals surface area contributed by atoms with E-state index in [9.17, 15) is 0 Å². The first-order chi connectivity index (χ1) is 11.6. The highest BCUT2D eigenvalue weighted by molar-refractivity contribution is 7.80. The van der Waals surface area contributed by atoms with Crippen molar-refractivity contribution >= 4 is 34.6 Å². The lowest BCUT2D eigenvalue weighted by atomic mass is 10.2. The molecule has 2 aromatic rings. The van der Waals surface area contributed by atoms with Gasteiger partial charge in [0.2, 0.25) is 0 Å². The van der Waals surface area contributed by atoms with Gasteiger partial charge in [-0.1, -0.05) is 48.0 Å². The molecule has 0 radical (unpaired) electrons. The molecule has 3 nitrogen and oxygen atoms in total. The number of halogens is 1. The summed E-state index contributed by atoms with van der Waals surface area (Å²) in [6.07, 6.45) is 1.10. The largest absolute Gasteiger partial charge is 0.358 e. The predicted molar refractivity (Wildman–Crippen MR) is 106 cm³/mol. The van der Waals surface area contributed by atoms with E-state index in [2.05, 4.69) is 45.9 Å². The maximum atomic E-state index is 6.15. The quantitative estimate of drug-likeness (QED) is 0.800. The second kappa shape index (κ2) is 7.97. The lowest BCUT2D eigenvalue weighted by molar-refractivity contribution is 0.324. The first-order valence-corrected chi connectivity index (χ1v) is 8.99. The topological polar surface area (TPSA) is 27.3 Å². The Hall–Kier alpha value is -1.62. The summed E-state index contributed by atoms with van der Waals surface area (Å²) in [6.45, 7) is 5.08. The third kappa shape index (κ3) is 4.47. The third-order valence-corrected chi connectivity index (χ3v) is 5.00. The molecule has 1 heterocycles. The van der Waals surface area contributed by atoms with Crippen molar-refractivity contribution in [2.75, 3.05) is 18.4 Å². The average molecular weight is 360 g/mol. The molecule has 1 atom stereocenters. The van der Waals surface area contributed by atoms with Gasteiger partial charge >= 0.3 is 0 Å². The van der Waals surface area contributed by atoms with E-state index in [-0.39, 0.29) is 0 Å². The van der Waals surface area contributed by atoms with Crippen LogP contribution < -0.4 is 10.6 Å². The van der Waals surface area contributed by atoms with Crippen LogP contribution in [0.5, 0.6) is 0 Å². The van der Waals surface area contributed by atoms with E-state index in [0.29, 0.717) is 11.2 Å². The predicted octanol–water partition coefficient (Wildman–Crippen LogP) is 4.21. The van der Waals surface area contributed by atoms with Gasteiger partial charge in [-0.15, -0.1) is 0 Å². The van der Waals surface area contributed by atoms with Crippen LogP contribution in [0.25, 0.3) is 0 Å². The standard InChI is InChI=1S/C19H22ClN3S/c1-14-17(20)8-5-9-18(14)22-19(24)21-16-10-11-23(13-16)12-15-6-3-2-4-7-15/h2-9,16H,10-13H2,1H3,(H2,21,22,24)/t16-/m0/s1. The summed E-state index contributed by atoms with van der Waals surface area (Å²) in [5.41, 5.74) is 3.33. The summed E-state index contributed by atoms with van der Waals surface area (Å²) < 4.78 is 0. The molecule has 3 rings (SSSR count). The molecule has 2 aromatic carbocycles. The molecule has 0 amide bonds. The number of hydrogen-bond donors (Lipinski definition) is 2. The molecule has 24 heavy (non-hydrogen) atoms. The normalized spacial score (nSPS) is 17.7. The SMILES string of the molecule is Cc1c(Cl)cccc1NC(=S)N[C@H]1CCN(Cc2ccccc2)C1. The fourth-order valence-corrected chi connectivity index (χ4v) is 3.47. The van der Waals surface area contributed by atoms with Gasteiger partial charge in [-0.25, -0.2) is 0 Å². The molecule has 2 N–H and O–H groups in total.